The van der Waals surface area contributed by atoms with Crippen molar-refractivity contribution in [1.82, 2.24) is 20.2 Å². The van der Waals surface area contributed by atoms with Crippen molar-refractivity contribution in [1.29, 1.82) is 0 Å². The molecular formula is C34H37FN4O6. The van der Waals surface area contributed by atoms with Crippen LogP contribution in [0.5, 0.6) is 11.6 Å². The Kier molecular flexibility index (Phi) is 8.20. The molecule has 2 N–H and O–H groups in total. The zero-order chi connectivity index (χ0) is 31.9. The Morgan fingerprint density at radius 2 is 1.93 bits per heavy atom. The fourth-order valence-corrected chi connectivity index (χ4v) is 6.70. The van der Waals surface area contributed by atoms with Crippen LogP contribution >= 0.6 is 0 Å². The normalized spacial score (nSPS) is 27.6. The molecule has 2 heterocycles. The Morgan fingerprint density at radius 1 is 1.13 bits per heavy atom. The topological polar surface area (TPSA) is 131 Å². The summed E-state index contributed by atoms with van der Waals surface area (Å²) in [7, 11) is 3.31. The second kappa shape index (κ2) is 12.1. The lowest BCUT2D eigenvalue weighted by Gasteiger charge is -2.26. The van der Waals surface area contributed by atoms with Crippen LogP contribution < -0.4 is 14.8 Å². The number of ether oxygens (including phenoxy) is 2. The first kappa shape index (κ1) is 30.5. The predicted molar refractivity (Wildman–Crippen MR) is 164 cm³/mol. The van der Waals surface area contributed by atoms with Crippen molar-refractivity contribution in [3.8, 4) is 23.0 Å². The van der Waals surface area contributed by atoms with Crippen molar-refractivity contribution < 1.29 is 33.4 Å². The van der Waals surface area contributed by atoms with Gasteiger partial charge in [0.05, 0.1) is 29.8 Å². The van der Waals surface area contributed by atoms with Gasteiger partial charge in [0.25, 0.3) is 0 Å². The molecule has 11 heteroatoms. The van der Waals surface area contributed by atoms with E-state index in [4.69, 9.17) is 14.5 Å². The number of hydrogen-bond acceptors (Lipinski definition) is 7. The molecule has 2 fully saturated rings. The van der Waals surface area contributed by atoms with Gasteiger partial charge in [-0.1, -0.05) is 24.3 Å². The van der Waals surface area contributed by atoms with E-state index in [2.05, 4.69) is 10.3 Å². The summed E-state index contributed by atoms with van der Waals surface area (Å²) in [5, 5.41) is 13.5. The second-order valence-electron chi connectivity index (χ2n) is 12.3. The summed E-state index contributed by atoms with van der Waals surface area (Å²) in [5.41, 5.74) is 0.421. The summed E-state index contributed by atoms with van der Waals surface area (Å²) in [6, 6.07) is 9.55. The van der Waals surface area contributed by atoms with Crippen LogP contribution in [0.3, 0.4) is 0 Å². The highest BCUT2D eigenvalue weighted by Gasteiger charge is 2.61. The molecule has 3 aliphatic rings. The average Bonchev–Trinajstić information content (AvgIpc) is 3.56. The number of amides is 2. The molecule has 0 radical (unpaired) electrons. The maximum absolute atomic E-state index is 14.2. The third-order valence-electron chi connectivity index (χ3n) is 9.39. The van der Waals surface area contributed by atoms with Crippen molar-refractivity contribution in [2.45, 2.75) is 57.1 Å². The number of nitrogens with one attached hydrogen (secondary N) is 1. The maximum atomic E-state index is 14.2. The van der Waals surface area contributed by atoms with Gasteiger partial charge in [0.15, 0.2) is 5.82 Å². The fourth-order valence-electron chi connectivity index (χ4n) is 6.70. The predicted octanol–water partition coefficient (Wildman–Crippen LogP) is 4.68. The quantitative estimate of drug-likeness (QED) is 0.395. The van der Waals surface area contributed by atoms with E-state index in [9.17, 15) is 23.9 Å². The number of methoxy groups -OCH3 is 1. The number of carboxylic acids is 1. The molecular weight excluding hydrogens is 579 g/mol. The van der Waals surface area contributed by atoms with Crippen molar-refractivity contribution in [2.75, 3.05) is 20.7 Å². The van der Waals surface area contributed by atoms with Crippen molar-refractivity contribution in [3.05, 3.63) is 59.9 Å². The molecule has 0 saturated heterocycles. The molecule has 6 rings (SSSR count). The lowest BCUT2D eigenvalue weighted by atomic mass is 9.93. The number of aromatic nitrogens is 2. The van der Waals surface area contributed by atoms with Crippen LogP contribution in [0.15, 0.2) is 48.6 Å². The third-order valence-corrected chi connectivity index (χ3v) is 9.39. The summed E-state index contributed by atoms with van der Waals surface area (Å²) in [4.78, 5) is 50.9. The minimum Gasteiger partial charge on any atom is -0.496 e. The number of rotatable bonds is 5. The lowest BCUT2D eigenvalue weighted by Crippen LogP contribution is -2.49. The molecule has 2 aliphatic carbocycles. The molecule has 236 valence electrons. The van der Waals surface area contributed by atoms with Crippen LogP contribution in [0.1, 0.15) is 44.1 Å². The number of carbonyl (C=O) groups excluding carboxylic acids is 2. The van der Waals surface area contributed by atoms with E-state index < -0.39 is 41.2 Å². The van der Waals surface area contributed by atoms with Crippen LogP contribution in [0.25, 0.3) is 22.3 Å². The average molecular weight is 617 g/mol. The third kappa shape index (κ3) is 5.83. The lowest BCUT2D eigenvalue weighted by molar-refractivity contribution is -0.145. The number of fused-ring (bicyclic) bond motifs is 3. The Bertz CT molecular complexity index is 1690. The number of carboxylic acid groups (broad SMARTS) is 1. The van der Waals surface area contributed by atoms with Crippen molar-refractivity contribution in [2.24, 2.45) is 17.8 Å². The molecule has 0 spiro atoms. The number of aryl methyl sites for hydroxylation is 1. The molecule has 2 aromatic carbocycles. The monoisotopic (exact) mass is 616 g/mol. The Hall–Kier alpha value is -4.54. The van der Waals surface area contributed by atoms with E-state index in [1.807, 2.05) is 19.1 Å². The Morgan fingerprint density at radius 3 is 2.69 bits per heavy atom. The second-order valence-corrected chi connectivity index (χ2v) is 12.3. The Balaban J connectivity index is 1.35. The highest BCUT2D eigenvalue weighted by atomic mass is 19.1. The number of halogens is 1. The van der Waals surface area contributed by atoms with Crippen molar-refractivity contribution >= 4 is 28.7 Å². The Labute approximate surface area is 260 Å². The van der Waals surface area contributed by atoms with Gasteiger partial charge in [-0.3, -0.25) is 9.59 Å². The molecule has 1 aromatic heterocycles. The van der Waals surface area contributed by atoms with Gasteiger partial charge >= 0.3 is 5.97 Å². The first-order chi connectivity index (χ1) is 21.6. The van der Waals surface area contributed by atoms with Crippen LogP contribution in [-0.4, -0.2) is 70.1 Å². The fraction of sp³-hybridized carbons (Fsp3) is 0.441. The highest BCUT2D eigenvalue weighted by molar-refractivity contribution is 5.94. The van der Waals surface area contributed by atoms with Gasteiger partial charge < -0.3 is 24.8 Å². The SMILES string of the molecule is COc1ccc2c(OC3CC4C(=O)NC5(C(=O)O)CC5/C=C/CCCCN(C)C(=O)C4C3)nc(-c3cccc(F)c3)nc2c1C. The zero-order valence-corrected chi connectivity index (χ0v) is 25.6. The van der Waals surface area contributed by atoms with E-state index in [1.165, 1.54) is 12.1 Å². The van der Waals surface area contributed by atoms with Gasteiger partial charge in [-0.05, 0) is 69.7 Å². The van der Waals surface area contributed by atoms with Crippen LogP contribution in [0, 0.1) is 30.5 Å². The van der Waals surface area contributed by atoms with Crippen molar-refractivity contribution in [3.63, 3.8) is 0 Å². The minimum absolute atomic E-state index is 0.167. The summed E-state index contributed by atoms with van der Waals surface area (Å²) < 4.78 is 26.2. The number of benzene rings is 2. The molecule has 0 bridgehead atoms. The minimum atomic E-state index is -1.37. The van der Waals surface area contributed by atoms with Gasteiger partial charge in [0.2, 0.25) is 17.7 Å². The first-order valence-corrected chi connectivity index (χ1v) is 15.4. The number of allylic oxidation sites excluding steroid dienone is 1. The van der Waals surface area contributed by atoms with E-state index >= 15 is 0 Å². The van der Waals surface area contributed by atoms with Gasteiger partial charge in [-0.2, -0.15) is 4.98 Å². The summed E-state index contributed by atoms with van der Waals surface area (Å²) >= 11 is 0. The molecule has 1 aliphatic heterocycles. The molecule has 10 nitrogen and oxygen atoms in total. The molecule has 3 aromatic rings. The molecule has 5 unspecified atom stereocenters. The first-order valence-electron chi connectivity index (χ1n) is 15.4. The standard InChI is InChI=1S/C34H37FN4O6/c1-19-27(44-3)13-12-24-28(19)36-29(20-9-8-11-22(35)15-20)37-31(24)45-23-16-25-26(17-23)32(41)39(2)14-7-5-4-6-10-21-18-34(21,33(42)43)38-30(25)40/h6,8-13,15,21,23,25-26H,4-5,7,14,16-18H2,1-3H3,(H,38,40)(H,42,43)/b10-6+. The molecule has 2 amide bonds. The van der Waals surface area contributed by atoms with Gasteiger partial charge in [-0.15, -0.1) is 0 Å². The van der Waals surface area contributed by atoms with E-state index in [0.29, 0.717) is 35.2 Å². The summed E-state index contributed by atoms with van der Waals surface area (Å²) in [5.74, 6) is -2.78. The molecule has 45 heavy (non-hydrogen) atoms. The van der Waals surface area contributed by atoms with E-state index in [1.54, 1.807) is 43.3 Å². The number of nitrogens with zero attached hydrogens (tertiary/aromatic N) is 3. The number of carbonyl (C=O) groups is 3. The number of aliphatic carboxylic acids is 1. The highest BCUT2D eigenvalue weighted by Crippen LogP contribution is 2.46. The molecule has 2 saturated carbocycles. The number of hydrogen-bond donors (Lipinski definition) is 2. The van der Waals surface area contributed by atoms with Gasteiger partial charge in [0, 0.05) is 30.6 Å². The van der Waals surface area contributed by atoms with Crippen LogP contribution in [0.4, 0.5) is 4.39 Å². The molecule has 5 atom stereocenters. The zero-order valence-electron chi connectivity index (χ0n) is 25.6. The van der Waals surface area contributed by atoms with E-state index in [0.717, 1.165) is 24.8 Å². The van der Waals surface area contributed by atoms with Gasteiger partial charge in [0.1, 0.15) is 23.2 Å². The van der Waals surface area contributed by atoms with Crippen LogP contribution in [0.2, 0.25) is 0 Å². The largest absolute Gasteiger partial charge is 0.496 e. The summed E-state index contributed by atoms with van der Waals surface area (Å²) in [6.07, 6.45) is 6.49. The van der Waals surface area contributed by atoms with Crippen LogP contribution in [-0.2, 0) is 14.4 Å². The van der Waals surface area contributed by atoms with Gasteiger partial charge in [-0.25, -0.2) is 14.2 Å². The van der Waals surface area contributed by atoms with E-state index in [-0.39, 0.29) is 36.4 Å². The smallest absolute Gasteiger partial charge is 0.330 e. The summed E-state index contributed by atoms with van der Waals surface area (Å²) in [6.45, 7) is 2.42. The maximum Gasteiger partial charge on any atom is 0.330 e.